The maximum absolute atomic E-state index is 12.0. The maximum atomic E-state index is 12.0. The summed E-state index contributed by atoms with van der Waals surface area (Å²) in [5.41, 5.74) is 1.41. The first-order valence-corrected chi connectivity index (χ1v) is 8.18. The normalized spacial score (nSPS) is 11.4. The van der Waals surface area contributed by atoms with E-state index in [1.54, 1.807) is 12.1 Å². The lowest BCUT2D eigenvalue weighted by Crippen LogP contribution is -2.43. The first-order chi connectivity index (χ1) is 11.4. The molecule has 1 heterocycles. The van der Waals surface area contributed by atoms with Crippen molar-refractivity contribution in [3.63, 3.8) is 0 Å². The Morgan fingerprint density at radius 1 is 1.29 bits per heavy atom. The van der Waals surface area contributed by atoms with Crippen molar-refractivity contribution < 1.29 is 14.3 Å². The molecule has 2 aromatic rings. The fraction of sp³-hybridized carbons (Fsp3) is 0.444. The minimum absolute atomic E-state index is 0.212. The van der Waals surface area contributed by atoms with E-state index in [4.69, 9.17) is 4.42 Å². The van der Waals surface area contributed by atoms with Crippen LogP contribution in [0.5, 0.6) is 0 Å². The molecule has 3 N–H and O–H groups in total. The van der Waals surface area contributed by atoms with Crippen LogP contribution in [0.4, 0.5) is 10.5 Å². The molecule has 1 aromatic heterocycles. The van der Waals surface area contributed by atoms with Crippen LogP contribution < -0.4 is 10.6 Å². The fourth-order valence-electron chi connectivity index (χ4n) is 2.25. The zero-order valence-corrected chi connectivity index (χ0v) is 14.6. The summed E-state index contributed by atoms with van der Waals surface area (Å²) in [6.07, 6.45) is 1.17. The second-order valence-electron chi connectivity index (χ2n) is 5.98. The monoisotopic (exact) mass is 331 g/mol. The molecule has 0 unspecified atom stereocenters. The van der Waals surface area contributed by atoms with E-state index in [0.717, 1.165) is 17.0 Å². The Kier molecular flexibility index (Phi) is 5.62. The second-order valence-corrected chi connectivity index (χ2v) is 5.98. The van der Waals surface area contributed by atoms with Crippen LogP contribution in [-0.4, -0.2) is 28.3 Å². The highest BCUT2D eigenvalue weighted by atomic mass is 16.4. The standard InChI is InChI=1S/C18H25N3O3/c1-5-18(23,6-2)11-19-17(22)21-15-9-7-8-14(10-15)16-20-12(3)13(4)24-16/h7-10,23H,5-6,11H2,1-4H3,(H2,19,21,22). The predicted octanol–water partition coefficient (Wildman–Crippen LogP) is 3.63. The van der Waals surface area contributed by atoms with E-state index in [0.29, 0.717) is 24.4 Å². The van der Waals surface area contributed by atoms with Gasteiger partial charge in [-0.05, 0) is 44.9 Å². The Labute approximate surface area is 142 Å². The fourth-order valence-corrected chi connectivity index (χ4v) is 2.25. The summed E-state index contributed by atoms with van der Waals surface area (Å²) < 4.78 is 5.61. The van der Waals surface area contributed by atoms with Crippen molar-refractivity contribution >= 4 is 11.7 Å². The number of amides is 2. The smallest absolute Gasteiger partial charge is 0.319 e. The van der Waals surface area contributed by atoms with Gasteiger partial charge in [-0.2, -0.15) is 0 Å². The second kappa shape index (κ2) is 7.49. The van der Waals surface area contributed by atoms with Gasteiger partial charge >= 0.3 is 6.03 Å². The van der Waals surface area contributed by atoms with Crippen LogP contribution in [0, 0.1) is 13.8 Å². The highest BCUT2D eigenvalue weighted by molar-refractivity contribution is 5.89. The number of hydrogen-bond acceptors (Lipinski definition) is 4. The molecule has 1 aromatic carbocycles. The molecule has 0 aliphatic heterocycles. The van der Waals surface area contributed by atoms with Crippen molar-refractivity contribution in [2.24, 2.45) is 0 Å². The van der Waals surface area contributed by atoms with Gasteiger partial charge in [0.2, 0.25) is 5.89 Å². The molecule has 0 spiro atoms. The van der Waals surface area contributed by atoms with Gasteiger partial charge < -0.3 is 20.2 Å². The van der Waals surface area contributed by atoms with Crippen molar-refractivity contribution in [1.29, 1.82) is 0 Å². The summed E-state index contributed by atoms with van der Waals surface area (Å²) in [5, 5.41) is 15.7. The number of nitrogens with zero attached hydrogens (tertiary/aromatic N) is 1. The van der Waals surface area contributed by atoms with Gasteiger partial charge in [0.15, 0.2) is 0 Å². The molecule has 0 saturated heterocycles. The van der Waals surface area contributed by atoms with Gasteiger partial charge in [0.25, 0.3) is 0 Å². The highest BCUT2D eigenvalue weighted by Crippen LogP contribution is 2.24. The topological polar surface area (TPSA) is 87.4 Å². The zero-order chi connectivity index (χ0) is 17.7. The quantitative estimate of drug-likeness (QED) is 0.754. The number of aryl methyl sites for hydroxylation is 2. The molecule has 0 fully saturated rings. The molecule has 2 rings (SSSR count). The summed E-state index contributed by atoms with van der Waals surface area (Å²) in [5.74, 6) is 1.31. The first kappa shape index (κ1) is 18.0. The number of hydrogen-bond donors (Lipinski definition) is 3. The number of carbonyl (C=O) groups is 1. The lowest BCUT2D eigenvalue weighted by Gasteiger charge is -2.25. The van der Waals surface area contributed by atoms with Crippen molar-refractivity contribution in [1.82, 2.24) is 10.3 Å². The van der Waals surface area contributed by atoms with E-state index in [1.807, 2.05) is 39.8 Å². The number of anilines is 1. The number of benzene rings is 1. The molecule has 0 atom stereocenters. The van der Waals surface area contributed by atoms with Crippen molar-refractivity contribution in [3.05, 3.63) is 35.7 Å². The number of aromatic nitrogens is 1. The number of aliphatic hydroxyl groups is 1. The Balaban J connectivity index is 2.03. The molecule has 24 heavy (non-hydrogen) atoms. The van der Waals surface area contributed by atoms with E-state index in [-0.39, 0.29) is 12.6 Å². The molecule has 0 radical (unpaired) electrons. The third-order valence-corrected chi connectivity index (χ3v) is 4.29. The molecule has 0 aliphatic rings. The van der Waals surface area contributed by atoms with Crippen molar-refractivity contribution in [2.75, 3.05) is 11.9 Å². The maximum Gasteiger partial charge on any atom is 0.319 e. The molecule has 0 bridgehead atoms. The van der Waals surface area contributed by atoms with Crippen molar-refractivity contribution in [2.45, 2.75) is 46.1 Å². The van der Waals surface area contributed by atoms with Gasteiger partial charge in [0, 0.05) is 17.8 Å². The molecular weight excluding hydrogens is 306 g/mol. The van der Waals surface area contributed by atoms with Crippen LogP contribution in [0.15, 0.2) is 28.7 Å². The molecule has 6 nitrogen and oxygen atoms in total. The third kappa shape index (κ3) is 4.35. The number of oxazole rings is 1. The van der Waals surface area contributed by atoms with Crippen LogP contribution in [0.2, 0.25) is 0 Å². The Bertz CT molecular complexity index is 686. The summed E-state index contributed by atoms with van der Waals surface area (Å²) in [7, 11) is 0. The zero-order valence-electron chi connectivity index (χ0n) is 14.6. The molecule has 130 valence electrons. The molecule has 0 aliphatic carbocycles. The van der Waals surface area contributed by atoms with Gasteiger partial charge in [0.1, 0.15) is 5.76 Å². The van der Waals surface area contributed by atoms with Gasteiger partial charge in [-0.3, -0.25) is 0 Å². The van der Waals surface area contributed by atoms with E-state index in [9.17, 15) is 9.90 Å². The van der Waals surface area contributed by atoms with E-state index >= 15 is 0 Å². The first-order valence-electron chi connectivity index (χ1n) is 8.18. The molecule has 2 amide bonds. The largest absolute Gasteiger partial charge is 0.441 e. The summed E-state index contributed by atoms with van der Waals surface area (Å²) in [6.45, 7) is 7.76. The van der Waals surface area contributed by atoms with Crippen LogP contribution in [0.25, 0.3) is 11.5 Å². The number of rotatable bonds is 6. The number of urea groups is 1. The van der Waals surface area contributed by atoms with E-state index in [2.05, 4.69) is 15.6 Å². The Hall–Kier alpha value is -2.34. The van der Waals surface area contributed by atoms with E-state index < -0.39 is 5.60 Å². The molecular formula is C18H25N3O3. The lowest BCUT2D eigenvalue weighted by molar-refractivity contribution is 0.0354. The third-order valence-electron chi connectivity index (χ3n) is 4.29. The molecule has 6 heteroatoms. The minimum atomic E-state index is -0.869. The summed E-state index contributed by atoms with van der Waals surface area (Å²) in [4.78, 5) is 16.4. The average Bonchev–Trinajstić information content (AvgIpc) is 2.92. The summed E-state index contributed by atoms with van der Waals surface area (Å²) >= 11 is 0. The van der Waals surface area contributed by atoms with Crippen LogP contribution in [0.3, 0.4) is 0 Å². The van der Waals surface area contributed by atoms with Crippen molar-refractivity contribution in [3.8, 4) is 11.5 Å². The van der Waals surface area contributed by atoms with Crippen LogP contribution in [0.1, 0.15) is 38.1 Å². The lowest BCUT2D eigenvalue weighted by atomic mass is 9.98. The highest BCUT2D eigenvalue weighted by Gasteiger charge is 2.22. The minimum Gasteiger partial charge on any atom is -0.441 e. The van der Waals surface area contributed by atoms with Crippen LogP contribution in [-0.2, 0) is 0 Å². The number of carbonyl (C=O) groups excluding carboxylic acids is 1. The van der Waals surface area contributed by atoms with E-state index in [1.165, 1.54) is 0 Å². The van der Waals surface area contributed by atoms with Crippen LogP contribution >= 0.6 is 0 Å². The summed E-state index contributed by atoms with van der Waals surface area (Å²) in [6, 6.07) is 6.94. The van der Waals surface area contributed by atoms with Gasteiger partial charge in [0.05, 0.1) is 11.3 Å². The molecule has 0 saturated carbocycles. The average molecular weight is 331 g/mol. The Morgan fingerprint density at radius 3 is 2.58 bits per heavy atom. The van der Waals surface area contributed by atoms with Gasteiger partial charge in [-0.25, -0.2) is 9.78 Å². The predicted molar refractivity (Wildman–Crippen MR) is 94.0 cm³/mol. The van der Waals surface area contributed by atoms with Gasteiger partial charge in [-0.1, -0.05) is 19.9 Å². The SMILES string of the molecule is CCC(O)(CC)CNC(=O)Nc1cccc(-c2nc(C)c(C)o2)c1. The van der Waals surface area contributed by atoms with Gasteiger partial charge in [-0.15, -0.1) is 0 Å². The Morgan fingerprint density at radius 2 is 2.00 bits per heavy atom. The number of nitrogens with one attached hydrogen (secondary N) is 2.